The Morgan fingerprint density at radius 3 is 2.94 bits per heavy atom. The molecule has 1 saturated carbocycles. The smallest absolute Gasteiger partial charge is 0.141 e. The fourth-order valence-corrected chi connectivity index (χ4v) is 1.87. The highest BCUT2D eigenvalue weighted by atomic mass is 19.1. The quantitative estimate of drug-likeness (QED) is 0.873. The number of nitrogens with zero attached hydrogens (tertiary/aromatic N) is 3. The van der Waals surface area contributed by atoms with E-state index in [1.54, 1.807) is 16.8 Å². The predicted octanol–water partition coefficient (Wildman–Crippen LogP) is 1.72. The van der Waals surface area contributed by atoms with Crippen LogP contribution in [0.3, 0.4) is 0 Å². The van der Waals surface area contributed by atoms with Crippen LogP contribution in [0.25, 0.3) is 0 Å². The first-order valence-corrected chi connectivity index (χ1v) is 6.16. The minimum Gasteiger partial charge on any atom is -0.307 e. The maximum absolute atomic E-state index is 13.6. The Hall–Kier alpha value is -1.75. The average Bonchev–Trinajstić information content (AvgIpc) is 3.10. The van der Waals surface area contributed by atoms with Crippen molar-refractivity contribution in [1.82, 2.24) is 20.1 Å². The van der Waals surface area contributed by atoms with Crippen LogP contribution in [0.5, 0.6) is 0 Å². The van der Waals surface area contributed by atoms with Gasteiger partial charge in [-0.1, -0.05) is 18.2 Å². The molecule has 1 aromatic heterocycles. The summed E-state index contributed by atoms with van der Waals surface area (Å²) >= 11 is 0. The summed E-state index contributed by atoms with van der Waals surface area (Å²) in [5.41, 5.74) is 0.635. The second-order valence-electron chi connectivity index (χ2n) is 4.58. The van der Waals surface area contributed by atoms with Gasteiger partial charge in [0.25, 0.3) is 0 Å². The summed E-state index contributed by atoms with van der Waals surface area (Å²) in [6.07, 6.45) is 3.99. The number of halogens is 1. The van der Waals surface area contributed by atoms with Gasteiger partial charge in [0.2, 0.25) is 0 Å². The van der Waals surface area contributed by atoms with E-state index in [-0.39, 0.29) is 5.82 Å². The molecule has 4 nitrogen and oxygen atoms in total. The van der Waals surface area contributed by atoms with Crippen LogP contribution in [0.15, 0.2) is 30.6 Å². The lowest BCUT2D eigenvalue weighted by molar-refractivity contribution is 0.555. The van der Waals surface area contributed by atoms with Crippen LogP contribution in [0.2, 0.25) is 0 Å². The lowest BCUT2D eigenvalue weighted by Crippen LogP contribution is -2.19. The Bertz CT molecular complexity index is 533. The molecule has 0 bridgehead atoms. The Morgan fingerprint density at radius 2 is 2.17 bits per heavy atom. The van der Waals surface area contributed by atoms with Gasteiger partial charge in [-0.2, -0.15) is 5.10 Å². The highest BCUT2D eigenvalue weighted by molar-refractivity contribution is 5.17. The van der Waals surface area contributed by atoms with Gasteiger partial charge < -0.3 is 5.32 Å². The van der Waals surface area contributed by atoms with E-state index < -0.39 is 0 Å². The van der Waals surface area contributed by atoms with Gasteiger partial charge in [0.15, 0.2) is 0 Å². The summed E-state index contributed by atoms with van der Waals surface area (Å²) in [5, 5.41) is 7.53. The first-order chi connectivity index (χ1) is 8.83. The van der Waals surface area contributed by atoms with Crippen molar-refractivity contribution in [1.29, 1.82) is 0 Å². The van der Waals surface area contributed by atoms with Gasteiger partial charge in [-0.3, -0.25) is 0 Å². The largest absolute Gasteiger partial charge is 0.307 e. The summed E-state index contributed by atoms with van der Waals surface area (Å²) < 4.78 is 15.3. The van der Waals surface area contributed by atoms with Gasteiger partial charge in [-0.25, -0.2) is 14.1 Å². The van der Waals surface area contributed by atoms with E-state index in [1.807, 2.05) is 6.07 Å². The number of nitrogens with one attached hydrogen (secondary N) is 1. The van der Waals surface area contributed by atoms with E-state index in [0.29, 0.717) is 24.7 Å². The van der Waals surface area contributed by atoms with E-state index >= 15 is 0 Å². The number of rotatable bonds is 5. The van der Waals surface area contributed by atoms with Crippen molar-refractivity contribution in [3.8, 4) is 0 Å². The number of hydrogen-bond donors (Lipinski definition) is 1. The molecule has 0 unspecified atom stereocenters. The van der Waals surface area contributed by atoms with E-state index in [4.69, 9.17) is 0 Å². The summed E-state index contributed by atoms with van der Waals surface area (Å²) in [6, 6.07) is 7.39. The van der Waals surface area contributed by atoms with E-state index in [1.165, 1.54) is 25.2 Å². The molecule has 1 heterocycles. The van der Waals surface area contributed by atoms with E-state index in [0.717, 1.165) is 5.82 Å². The molecule has 1 aliphatic carbocycles. The van der Waals surface area contributed by atoms with Crippen LogP contribution in [-0.2, 0) is 13.1 Å². The molecule has 1 N–H and O–H groups in total. The molecule has 0 aliphatic heterocycles. The molecular weight excluding hydrogens is 231 g/mol. The highest BCUT2D eigenvalue weighted by Gasteiger charge is 2.21. The van der Waals surface area contributed by atoms with Crippen molar-refractivity contribution >= 4 is 0 Å². The van der Waals surface area contributed by atoms with Crippen LogP contribution >= 0.6 is 0 Å². The zero-order valence-corrected chi connectivity index (χ0v) is 10.0. The second-order valence-corrected chi connectivity index (χ2v) is 4.58. The fraction of sp³-hybridized carbons (Fsp3) is 0.385. The summed E-state index contributed by atoms with van der Waals surface area (Å²) in [4.78, 5) is 4.21. The van der Waals surface area contributed by atoms with Crippen LogP contribution in [0.1, 0.15) is 24.2 Å². The van der Waals surface area contributed by atoms with Gasteiger partial charge >= 0.3 is 0 Å². The lowest BCUT2D eigenvalue weighted by atomic mass is 10.2. The number of hydrogen-bond acceptors (Lipinski definition) is 3. The maximum Gasteiger partial charge on any atom is 0.141 e. The summed E-state index contributed by atoms with van der Waals surface area (Å²) in [6.45, 7) is 1.12. The van der Waals surface area contributed by atoms with Gasteiger partial charge in [-0.15, -0.1) is 0 Å². The van der Waals surface area contributed by atoms with Gasteiger partial charge in [0.1, 0.15) is 18.0 Å². The maximum atomic E-state index is 13.6. The number of benzene rings is 1. The fourth-order valence-electron chi connectivity index (χ4n) is 1.87. The van der Waals surface area contributed by atoms with Gasteiger partial charge in [0.05, 0.1) is 13.1 Å². The molecule has 0 amide bonds. The van der Waals surface area contributed by atoms with Crippen molar-refractivity contribution < 1.29 is 4.39 Å². The van der Waals surface area contributed by atoms with Gasteiger partial charge in [-0.05, 0) is 18.9 Å². The average molecular weight is 246 g/mol. The molecule has 2 aromatic rings. The predicted molar refractivity (Wildman–Crippen MR) is 65.4 cm³/mol. The Morgan fingerprint density at radius 1 is 1.33 bits per heavy atom. The normalized spacial score (nSPS) is 14.9. The molecule has 1 fully saturated rings. The third kappa shape index (κ3) is 2.56. The molecule has 94 valence electrons. The monoisotopic (exact) mass is 246 g/mol. The van der Waals surface area contributed by atoms with Crippen molar-refractivity contribution in [2.45, 2.75) is 32.0 Å². The zero-order chi connectivity index (χ0) is 12.4. The molecular formula is C13H15FN4. The third-order valence-electron chi connectivity index (χ3n) is 3.10. The van der Waals surface area contributed by atoms with Crippen LogP contribution in [0, 0.1) is 5.82 Å². The molecule has 0 saturated heterocycles. The van der Waals surface area contributed by atoms with E-state index in [2.05, 4.69) is 15.4 Å². The van der Waals surface area contributed by atoms with Crippen molar-refractivity contribution in [2.75, 3.05) is 0 Å². The minimum atomic E-state index is -0.200. The zero-order valence-electron chi connectivity index (χ0n) is 10.0. The number of aromatic nitrogens is 3. The molecule has 0 spiro atoms. The molecule has 0 atom stereocenters. The molecule has 18 heavy (non-hydrogen) atoms. The molecule has 3 rings (SSSR count). The minimum absolute atomic E-state index is 0.200. The van der Waals surface area contributed by atoms with Crippen LogP contribution < -0.4 is 5.32 Å². The van der Waals surface area contributed by atoms with Crippen molar-refractivity contribution in [3.05, 3.63) is 47.8 Å². The van der Waals surface area contributed by atoms with Crippen LogP contribution in [-0.4, -0.2) is 20.8 Å². The highest BCUT2D eigenvalue weighted by Crippen LogP contribution is 2.19. The van der Waals surface area contributed by atoms with E-state index in [9.17, 15) is 4.39 Å². The topological polar surface area (TPSA) is 42.7 Å². The summed E-state index contributed by atoms with van der Waals surface area (Å²) in [5.74, 6) is 0.652. The Balaban J connectivity index is 1.71. The van der Waals surface area contributed by atoms with Crippen molar-refractivity contribution in [2.24, 2.45) is 0 Å². The Labute approximate surface area is 105 Å². The molecule has 1 aromatic carbocycles. The first-order valence-electron chi connectivity index (χ1n) is 6.16. The van der Waals surface area contributed by atoms with Crippen LogP contribution in [0.4, 0.5) is 4.39 Å². The standard InChI is InChI=1S/C13H15FN4/c14-12-4-2-1-3-10(12)8-18-13(16-9-17-18)7-15-11-5-6-11/h1-4,9,11,15H,5-8H2. The molecule has 5 heteroatoms. The molecule has 1 aliphatic rings. The summed E-state index contributed by atoms with van der Waals surface area (Å²) in [7, 11) is 0. The van der Waals surface area contributed by atoms with Gasteiger partial charge in [0, 0.05) is 11.6 Å². The Kier molecular flexibility index (Phi) is 3.06. The first kappa shape index (κ1) is 11.3. The molecule has 0 radical (unpaired) electrons. The SMILES string of the molecule is Fc1ccccc1Cn1ncnc1CNC1CC1. The third-order valence-corrected chi connectivity index (χ3v) is 3.10. The lowest BCUT2D eigenvalue weighted by Gasteiger charge is -2.07. The second kappa shape index (κ2) is 4.86. The van der Waals surface area contributed by atoms with Crippen molar-refractivity contribution in [3.63, 3.8) is 0 Å².